The van der Waals surface area contributed by atoms with Crippen LogP contribution in [0, 0.1) is 0 Å². The van der Waals surface area contributed by atoms with Crippen LogP contribution in [0.15, 0.2) is 23.1 Å². The Hall–Kier alpha value is -0.680. The first-order valence-electron chi connectivity index (χ1n) is 7.58. The van der Waals surface area contributed by atoms with E-state index >= 15 is 0 Å². The predicted octanol–water partition coefficient (Wildman–Crippen LogP) is 5.24. The van der Waals surface area contributed by atoms with Crippen molar-refractivity contribution in [1.82, 2.24) is 5.32 Å². The molecule has 1 N–H and O–H groups in total. The van der Waals surface area contributed by atoms with E-state index in [2.05, 4.69) is 5.32 Å². The van der Waals surface area contributed by atoms with E-state index in [1.54, 1.807) is 17.8 Å². The number of benzene rings is 1. The smallest absolute Gasteiger partial charge is 0.313 e. The Kier molecular flexibility index (Phi) is 5.99. The lowest BCUT2D eigenvalue weighted by Gasteiger charge is -2.16. The van der Waals surface area contributed by atoms with E-state index in [4.69, 9.17) is 0 Å². The number of hydrogen-bond donors (Lipinski definition) is 1. The van der Waals surface area contributed by atoms with Crippen molar-refractivity contribution in [1.29, 1.82) is 0 Å². The minimum atomic E-state index is -4.28. The lowest BCUT2D eigenvalue weighted by atomic mass is 10.1. The van der Waals surface area contributed by atoms with Gasteiger partial charge < -0.3 is 5.32 Å². The zero-order valence-electron chi connectivity index (χ0n) is 12.3. The third-order valence-corrected chi connectivity index (χ3v) is 5.06. The Morgan fingerprint density at radius 2 is 1.95 bits per heavy atom. The van der Waals surface area contributed by atoms with Gasteiger partial charge in [0.15, 0.2) is 0 Å². The molecule has 0 spiro atoms. The number of thioether (sulfide) groups is 1. The lowest BCUT2D eigenvalue weighted by Crippen LogP contribution is -2.18. The van der Waals surface area contributed by atoms with Crippen molar-refractivity contribution in [2.75, 3.05) is 6.54 Å². The fourth-order valence-corrected chi connectivity index (χ4v) is 3.93. The van der Waals surface area contributed by atoms with Crippen molar-refractivity contribution in [3.8, 4) is 0 Å². The summed E-state index contributed by atoms with van der Waals surface area (Å²) in [5.41, 5.74) is -0.152. The van der Waals surface area contributed by atoms with Crippen LogP contribution in [0.3, 0.4) is 0 Å². The highest BCUT2D eigenvalue weighted by molar-refractivity contribution is 8.00. The maximum absolute atomic E-state index is 13.2. The van der Waals surface area contributed by atoms with Gasteiger partial charge in [-0.15, -0.1) is 11.8 Å². The summed E-state index contributed by atoms with van der Waals surface area (Å²) in [7, 11) is 0. The molecule has 0 bridgehead atoms. The van der Waals surface area contributed by atoms with Crippen molar-refractivity contribution in [3.05, 3.63) is 29.3 Å². The molecule has 0 aromatic heterocycles. The first kappa shape index (κ1) is 16.7. The van der Waals surface area contributed by atoms with Crippen LogP contribution in [0.5, 0.6) is 0 Å². The molecule has 2 rings (SSSR count). The molecule has 5 heteroatoms. The zero-order valence-corrected chi connectivity index (χ0v) is 13.1. The van der Waals surface area contributed by atoms with Crippen molar-refractivity contribution < 1.29 is 13.2 Å². The van der Waals surface area contributed by atoms with Crippen LogP contribution in [-0.4, -0.2) is 11.8 Å². The second kappa shape index (κ2) is 7.54. The number of halogens is 3. The minimum absolute atomic E-state index is 0.275. The molecule has 1 aromatic carbocycles. The number of alkyl halides is 3. The van der Waals surface area contributed by atoms with Crippen LogP contribution < -0.4 is 5.32 Å². The topological polar surface area (TPSA) is 12.0 Å². The maximum atomic E-state index is 13.2. The van der Waals surface area contributed by atoms with Crippen molar-refractivity contribution in [2.45, 2.75) is 61.9 Å². The fraction of sp³-hybridized carbons (Fsp3) is 0.625. The number of hydrogen-bond acceptors (Lipinski definition) is 2. The molecule has 1 aromatic rings. The molecule has 1 fully saturated rings. The predicted molar refractivity (Wildman–Crippen MR) is 81.6 cm³/mol. The van der Waals surface area contributed by atoms with Gasteiger partial charge in [0.05, 0.1) is 5.56 Å². The Morgan fingerprint density at radius 1 is 1.24 bits per heavy atom. The van der Waals surface area contributed by atoms with Gasteiger partial charge in [0, 0.05) is 16.7 Å². The minimum Gasteiger partial charge on any atom is -0.313 e. The third kappa shape index (κ3) is 4.92. The average Bonchev–Trinajstić information content (AvgIpc) is 2.92. The normalized spacial score (nSPS) is 16.6. The fourth-order valence-electron chi connectivity index (χ4n) is 2.65. The van der Waals surface area contributed by atoms with Gasteiger partial charge in [-0.25, -0.2) is 0 Å². The van der Waals surface area contributed by atoms with Gasteiger partial charge in [-0.1, -0.05) is 25.8 Å². The first-order valence-corrected chi connectivity index (χ1v) is 8.46. The highest BCUT2D eigenvalue weighted by atomic mass is 32.2. The molecule has 1 aliphatic carbocycles. The molecule has 118 valence electrons. The van der Waals surface area contributed by atoms with Crippen LogP contribution in [0.1, 0.15) is 50.2 Å². The van der Waals surface area contributed by atoms with Crippen molar-refractivity contribution >= 4 is 11.8 Å². The highest BCUT2D eigenvalue weighted by Gasteiger charge is 2.33. The first-order chi connectivity index (χ1) is 10.0. The monoisotopic (exact) mass is 317 g/mol. The Morgan fingerprint density at radius 3 is 2.57 bits per heavy atom. The quantitative estimate of drug-likeness (QED) is 0.720. The number of rotatable bonds is 6. The molecule has 1 nitrogen and oxygen atoms in total. The molecule has 0 atom stereocenters. The summed E-state index contributed by atoms with van der Waals surface area (Å²) in [5.74, 6) is 0. The van der Waals surface area contributed by atoms with Gasteiger partial charge >= 0.3 is 6.18 Å². The van der Waals surface area contributed by atoms with Crippen molar-refractivity contribution in [2.24, 2.45) is 0 Å². The van der Waals surface area contributed by atoms with Gasteiger partial charge in [-0.3, -0.25) is 0 Å². The van der Waals surface area contributed by atoms with Gasteiger partial charge in [0.25, 0.3) is 0 Å². The van der Waals surface area contributed by atoms with Gasteiger partial charge in [-0.2, -0.15) is 13.2 Å². The van der Waals surface area contributed by atoms with Gasteiger partial charge in [-0.05, 0) is 43.5 Å². The molecule has 0 unspecified atom stereocenters. The zero-order chi connectivity index (χ0) is 15.3. The standard InChI is InChI=1S/C16H22F3NS/c1-2-9-20-11-12-7-8-14(10-15(12)16(17,18)19)21-13-5-3-4-6-13/h7-8,10,13,20H,2-6,9,11H2,1H3. The van der Waals surface area contributed by atoms with E-state index in [1.807, 2.05) is 13.0 Å². The van der Waals surface area contributed by atoms with Crippen LogP contribution in [-0.2, 0) is 12.7 Å². The van der Waals surface area contributed by atoms with Crippen LogP contribution in [0.4, 0.5) is 13.2 Å². The lowest BCUT2D eigenvalue weighted by molar-refractivity contribution is -0.138. The largest absolute Gasteiger partial charge is 0.416 e. The summed E-state index contributed by atoms with van der Waals surface area (Å²) < 4.78 is 39.6. The summed E-state index contributed by atoms with van der Waals surface area (Å²) in [5, 5.41) is 3.53. The van der Waals surface area contributed by atoms with Crippen LogP contribution in [0.25, 0.3) is 0 Å². The van der Waals surface area contributed by atoms with E-state index in [0.717, 1.165) is 30.7 Å². The van der Waals surface area contributed by atoms with E-state index in [0.29, 0.717) is 10.8 Å². The van der Waals surface area contributed by atoms with Gasteiger partial charge in [0.2, 0.25) is 0 Å². The Balaban J connectivity index is 2.13. The van der Waals surface area contributed by atoms with E-state index in [-0.39, 0.29) is 6.54 Å². The van der Waals surface area contributed by atoms with Crippen LogP contribution in [0.2, 0.25) is 0 Å². The van der Waals surface area contributed by atoms with E-state index in [9.17, 15) is 13.2 Å². The van der Waals surface area contributed by atoms with Gasteiger partial charge in [0.1, 0.15) is 0 Å². The summed E-state index contributed by atoms with van der Waals surface area (Å²) >= 11 is 1.60. The average molecular weight is 317 g/mol. The van der Waals surface area contributed by atoms with E-state index < -0.39 is 11.7 Å². The molecule has 0 heterocycles. The Bertz CT molecular complexity index is 453. The molecular formula is C16H22F3NS. The SMILES string of the molecule is CCCNCc1ccc(SC2CCCC2)cc1C(F)(F)F. The summed E-state index contributed by atoms with van der Waals surface area (Å²) in [6, 6.07) is 4.79. The molecular weight excluding hydrogens is 295 g/mol. The molecule has 0 aliphatic heterocycles. The molecule has 0 amide bonds. The summed E-state index contributed by atoms with van der Waals surface area (Å²) in [4.78, 5) is 0.744. The molecule has 0 radical (unpaired) electrons. The highest BCUT2D eigenvalue weighted by Crippen LogP contribution is 2.39. The molecule has 21 heavy (non-hydrogen) atoms. The molecule has 1 saturated carbocycles. The van der Waals surface area contributed by atoms with Crippen LogP contribution >= 0.6 is 11.8 Å². The van der Waals surface area contributed by atoms with E-state index in [1.165, 1.54) is 18.9 Å². The summed E-state index contributed by atoms with van der Waals surface area (Å²) in [6.45, 7) is 3.01. The second-order valence-corrected chi connectivity index (χ2v) is 6.89. The van der Waals surface area contributed by atoms with Crippen molar-refractivity contribution in [3.63, 3.8) is 0 Å². The Labute approximate surface area is 128 Å². The maximum Gasteiger partial charge on any atom is 0.416 e. The number of nitrogens with one attached hydrogen (secondary N) is 1. The summed E-state index contributed by atoms with van der Waals surface area (Å²) in [6.07, 6.45) is 1.26. The molecule has 0 saturated heterocycles. The second-order valence-electron chi connectivity index (χ2n) is 5.52. The molecule has 1 aliphatic rings. The third-order valence-electron chi connectivity index (χ3n) is 3.73.